The standard InChI is InChI=1S/C22H17BrN2O/c1-15(17-9-6-7-13-21(17)23)25-22(26)20-12-5-4-11-19(20)18-10-3-2-8-16(18)14-24/h2-13,15H,1H3,(H,25,26). The molecule has 1 atom stereocenters. The van der Waals surface area contributed by atoms with E-state index >= 15 is 0 Å². The second-order valence-electron chi connectivity index (χ2n) is 5.92. The van der Waals surface area contributed by atoms with E-state index in [1.807, 2.05) is 67.6 Å². The molecule has 128 valence electrons. The highest BCUT2D eigenvalue weighted by atomic mass is 79.9. The Bertz CT molecular complexity index is 991. The van der Waals surface area contributed by atoms with Crippen LogP contribution in [0.1, 0.15) is 34.5 Å². The number of carbonyl (C=O) groups is 1. The van der Waals surface area contributed by atoms with Crippen LogP contribution in [0, 0.1) is 11.3 Å². The first kappa shape index (κ1) is 17.9. The largest absolute Gasteiger partial charge is 0.345 e. The highest BCUT2D eigenvalue weighted by molar-refractivity contribution is 9.10. The van der Waals surface area contributed by atoms with Crippen molar-refractivity contribution in [3.05, 3.63) is 94.0 Å². The summed E-state index contributed by atoms with van der Waals surface area (Å²) >= 11 is 3.53. The fourth-order valence-corrected chi connectivity index (χ4v) is 3.54. The van der Waals surface area contributed by atoms with E-state index < -0.39 is 0 Å². The molecule has 1 N–H and O–H groups in total. The van der Waals surface area contributed by atoms with Gasteiger partial charge < -0.3 is 5.32 Å². The Morgan fingerprint density at radius 2 is 1.58 bits per heavy atom. The van der Waals surface area contributed by atoms with E-state index in [9.17, 15) is 10.1 Å². The summed E-state index contributed by atoms with van der Waals surface area (Å²) in [6.07, 6.45) is 0. The third kappa shape index (κ3) is 3.68. The van der Waals surface area contributed by atoms with Crippen molar-refractivity contribution in [1.29, 1.82) is 5.26 Å². The van der Waals surface area contributed by atoms with Gasteiger partial charge in [0.05, 0.1) is 17.7 Å². The number of benzene rings is 3. The van der Waals surface area contributed by atoms with Crippen LogP contribution in [-0.2, 0) is 0 Å². The number of hydrogen-bond acceptors (Lipinski definition) is 2. The second kappa shape index (κ2) is 7.99. The van der Waals surface area contributed by atoms with Crippen LogP contribution >= 0.6 is 15.9 Å². The number of nitrogens with zero attached hydrogens (tertiary/aromatic N) is 1. The summed E-state index contributed by atoms with van der Waals surface area (Å²) in [4.78, 5) is 12.9. The smallest absolute Gasteiger partial charge is 0.252 e. The van der Waals surface area contributed by atoms with Gasteiger partial charge in [-0.05, 0) is 36.2 Å². The predicted molar refractivity (Wildman–Crippen MR) is 107 cm³/mol. The zero-order valence-electron chi connectivity index (χ0n) is 14.2. The molecule has 0 saturated heterocycles. The van der Waals surface area contributed by atoms with Crippen LogP contribution in [0.3, 0.4) is 0 Å². The molecule has 3 aromatic rings. The third-order valence-electron chi connectivity index (χ3n) is 4.23. The fraction of sp³-hybridized carbons (Fsp3) is 0.0909. The first-order valence-corrected chi connectivity index (χ1v) is 9.05. The summed E-state index contributed by atoms with van der Waals surface area (Å²) in [5.41, 5.74) is 3.62. The highest BCUT2D eigenvalue weighted by Gasteiger charge is 2.18. The lowest BCUT2D eigenvalue weighted by atomic mass is 9.95. The number of nitrogens with one attached hydrogen (secondary N) is 1. The Morgan fingerprint density at radius 1 is 0.962 bits per heavy atom. The molecule has 0 heterocycles. The number of amides is 1. The lowest BCUT2D eigenvalue weighted by Crippen LogP contribution is -2.27. The minimum Gasteiger partial charge on any atom is -0.345 e. The van der Waals surface area contributed by atoms with Gasteiger partial charge in [0.2, 0.25) is 0 Å². The predicted octanol–water partition coefficient (Wildman–Crippen LogP) is 5.48. The average Bonchev–Trinajstić information content (AvgIpc) is 2.68. The molecule has 1 amide bonds. The van der Waals surface area contributed by atoms with Crippen LogP contribution in [0.15, 0.2) is 77.3 Å². The Hall–Kier alpha value is -2.90. The van der Waals surface area contributed by atoms with Gasteiger partial charge in [-0.2, -0.15) is 5.26 Å². The lowest BCUT2D eigenvalue weighted by Gasteiger charge is -2.17. The molecule has 1 unspecified atom stereocenters. The molecular formula is C22H17BrN2O. The molecule has 0 bridgehead atoms. The number of hydrogen-bond donors (Lipinski definition) is 1. The van der Waals surface area contributed by atoms with Gasteiger partial charge in [-0.15, -0.1) is 0 Å². The average molecular weight is 405 g/mol. The van der Waals surface area contributed by atoms with Gasteiger partial charge >= 0.3 is 0 Å². The molecule has 0 saturated carbocycles. The van der Waals surface area contributed by atoms with Crippen molar-refractivity contribution in [3.8, 4) is 17.2 Å². The number of nitriles is 1. The van der Waals surface area contributed by atoms with E-state index in [2.05, 4.69) is 27.3 Å². The monoisotopic (exact) mass is 404 g/mol. The van der Waals surface area contributed by atoms with Crippen molar-refractivity contribution >= 4 is 21.8 Å². The SMILES string of the molecule is CC(NC(=O)c1ccccc1-c1ccccc1C#N)c1ccccc1Br. The minimum atomic E-state index is -0.170. The molecule has 26 heavy (non-hydrogen) atoms. The van der Waals surface area contributed by atoms with Crippen molar-refractivity contribution in [2.75, 3.05) is 0 Å². The molecule has 0 fully saturated rings. The molecule has 0 aliphatic carbocycles. The summed E-state index contributed by atoms with van der Waals surface area (Å²) in [5, 5.41) is 12.4. The molecule has 3 aromatic carbocycles. The van der Waals surface area contributed by atoms with Crippen molar-refractivity contribution in [3.63, 3.8) is 0 Å². The third-order valence-corrected chi connectivity index (χ3v) is 4.95. The first-order valence-electron chi connectivity index (χ1n) is 8.25. The molecule has 0 aliphatic heterocycles. The summed E-state index contributed by atoms with van der Waals surface area (Å²) in [6, 6.07) is 24.5. The molecule has 3 nitrogen and oxygen atoms in total. The normalized spacial score (nSPS) is 11.4. The molecule has 0 radical (unpaired) electrons. The van der Waals surface area contributed by atoms with Gasteiger partial charge in [0.25, 0.3) is 5.91 Å². The van der Waals surface area contributed by atoms with E-state index in [4.69, 9.17) is 0 Å². The Kier molecular flexibility index (Phi) is 5.50. The summed E-state index contributed by atoms with van der Waals surface area (Å²) < 4.78 is 0.955. The zero-order valence-corrected chi connectivity index (χ0v) is 15.8. The number of rotatable bonds is 4. The Balaban J connectivity index is 1.94. The van der Waals surface area contributed by atoms with Crippen LogP contribution in [-0.4, -0.2) is 5.91 Å². The van der Waals surface area contributed by atoms with Crippen molar-refractivity contribution in [1.82, 2.24) is 5.32 Å². The lowest BCUT2D eigenvalue weighted by molar-refractivity contribution is 0.0940. The molecule has 0 aliphatic rings. The van der Waals surface area contributed by atoms with Crippen LogP contribution in [0.25, 0.3) is 11.1 Å². The molecule has 0 aromatic heterocycles. The van der Waals surface area contributed by atoms with Gasteiger partial charge in [0.1, 0.15) is 0 Å². The summed E-state index contributed by atoms with van der Waals surface area (Å²) in [7, 11) is 0. The maximum absolute atomic E-state index is 12.9. The van der Waals surface area contributed by atoms with Gasteiger partial charge in [0, 0.05) is 15.6 Å². The van der Waals surface area contributed by atoms with E-state index in [1.54, 1.807) is 12.1 Å². The van der Waals surface area contributed by atoms with Crippen LogP contribution in [0.5, 0.6) is 0 Å². The van der Waals surface area contributed by atoms with E-state index in [-0.39, 0.29) is 11.9 Å². The van der Waals surface area contributed by atoms with Crippen molar-refractivity contribution in [2.24, 2.45) is 0 Å². The minimum absolute atomic E-state index is 0.155. The van der Waals surface area contributed by atoms with Crippen molar-refractivity contribution < 1.29 is 4.79 Å². The maximum atomic E-state index is 12.9. The number of carbonyl (C=O) groups excluding carboxylic acids is 1. The van der Waals surface area contributed by atoms with Crippen LogP contribution < -0.4 is 5.32 Å². The van der Waals surface area contributed by atoms with Gasteiger partial charge in [-0.1, -0.05) is 70.5 Å². The summed E-state index contributed by atoms with van der Waals surface area (Å²) in [6.45, 7) is 1.95. The van der Waals surface area contributed by atoms with Crippen LogP contribution in [0.2, 0.25) is 0 Å². The highest BCUT2D eigenvalue weighted by Crippen LogP contribution is 2.28. The van der Waals surface area contributed by atoms with E-state index in [1.165, 1.54) is 0 Å². The molecule has 4 heteroatoms. The van der Waals surface area contributed by atoms with Crippen molar-refractivity contribution in [2.45, 2.75) is 13.0 Å². The summed E-state index contributed by atoms with van der Waals surface area (Å²) in [5.74, 6) is -0.170. The molecule has 3 rings (SSSR count). The Labute approximate surface area is 161 Å². The van der Waals surface area contributed by atoms with E-state index in [0.29, 0.717) is 11.1 Å². The first-order chi connectivity index (χ1) is 12.6. The Morgan fingerprint density at radius 3 is 2.31 bits per heavy atom. The van der Waals surface area contributed by atoms with Gasteiger partial charge in [0.15, 0.2) is 0 Å². The quantitative estimate of drug-likeness (QED) is 0.625. The fourth-order valence-electron chi connectivity index (χ4n) is 2.91. The topological polar surface area (TPSA) is 52.9 Å². The number of halogens is 1. The van der Waals surface area contributed by atoms with E-state index in [0.717, 1.165) is 21.2 Å². The molecule has 0 spiro atoms. The zero-order chi connectivity index (χ0) is 18.5. The molecular weight excluding hydrogens is 388 g/mol. The van der Waals surface area contributed by atoms with Gasteiger partial charge in [-0.3, -0.25) is 4.79 Å². The second-order valence-corrected chi connectivity index (χ2v) is 6.77. The van der Waals surface area contributed by atoms with Gasteiger partial charge in [-0.25, -0.2) is 0 Å². The maximum Gasteiger partial charge on any atom is 0.252 e. The van der Waals surface area contributed by atoms with Crippen LogP contribution in [0.4, 0.5) is 0 Å².